The van der Waals surface area contributed by atoms with Crippen LogP contribution in [0.5, 0.6) is 0 Å². The van der Waals surface area contributed by atoms with E-state index in [9.17, 15) is 4.79 Å². The predicted molar refractivity (Wildman–Crippen MR) is 73.7 cm³/mol. The smallest absolute Gasteiger partial charge is 0.264 e. The van der Waals surface area contributed by atoms with Crippen LogP contribution < -0.4 is 5.56 Å². The van der Waals surface area contributed by atoms with Gasteiger partial charge in [0, 0.05) is 12.6 Å². The average molecular weight is 252 g/mol. The summed E-state index contributed by atoms with van der Waals surface area (Å²) in [5.41, 5.74) is 2.54. The van der Waals surface area contributed by atoms with Gasteiger partial charge < -0.3 is 4.57 Å². The molecule has 5 nitrogen and oxygen atoms in total. The number of hydrogen-bond acceptors (Lipinski definition) is 3. The number of benzene rings is 1. The number of aryl methyl sites for hydroxylation is 1. The fourth-order valence-corrected chi connectivity index (χ4v) is 2.00. The Balaban J connectivity index is 2.25. The molecule has 0 spiro atoms. The minimum absolute atomic E-state index is 0.133. The van der Waals surface area contributed by atoms with Crippen molar-refractivity contribution in [3.8, 4) is 0 Å². The van der Waals surface area contributed by atoms with Gasteiger partial charge in [-0.05, 0) is 5.56 Å². The van der Waals surface area contributed by atoms with Crippen LogP contribution in [0.2, 0.25) is 0 Å². The Kier molecular flexibility index (Phi) is 2.52. The van der Waals surface area contributed by atoms with E-state index < -0.39 is 0 Å². The van der Waals surface area contributed by atoms with Gasteiger partial charge in [0.15, 0.2) is 5.65 Å². The molecule has 2 aromatic heterocycles. The molecule has 2 heterocycles. The first kappa shape index (κ1) is 11.4. The average Bonchev–Trinajstić information content (AvgIpc) is 2.88. The van der Waals surface area contributed by atoms with Gasteiger partial charge in [0.05, 0.1) is 6.33 Å². The molecular formula is C14H12N4O. The Bertz CT molecular complexity index is 814. The molecule has 0 aliphatic carbocycles. The quantitative estimate of drug-likeness (QED) is 0.755. The van der Waals surface area contributed by atoms with E-state index >= 15 is 0 Å². The Morgan fingerprint density at radius 2 is 2.05 bits per heavy atom. The number of fused-ring (bicyclic) bond motifs is 1. The standard InChI is InChI=1S/C14H12N4O/c1-9(10-6-4-3-5-7-10)12-11-13(17-16-12)15-8-18(2)14(11)19/h3-8H,1H2,2H3,(H,16,17). The summed E-state index contributed by atoms with van der Waals surface area (Å²) in [6, 6.07) is 9.64. The third-order valence-electron chi connectivity index (χ3n) is 3.05. The summed E-state index contributed by atoms with van der Waals surface area (Å²) in [5, 5.41) is 7.42. The highest BCUT2D eigenvalue weighted by Gasteiger charge is 2.15. The monoisotopic (exact) mass is 252 g/mol. The number of rotatable bonds is 2. The molecule has 0 radical (unpaired) electrons. The van der Waals surface area contributed by atoms with Crippen molar-refractivity contribution < 1.29 is 0 Å². The molecule has 0 unspecified atom stereocenters. The number of aromatic amines is 1. The van der Waals surface area contributed by atoms with Gasteiger partial charge in [-0.15, -0.1) is 0 Å². The maximum atomic E-state index is 12.2. The second-order valence-corrected chi connectivity index (χ2v) is 4.30. The SMILES string of the molecule is C=C(c1ccccc1)c1n[nH]c2ncn(C)c(=O)c12. The summed E-state index contributed by atoms with van der Waals surface area (Å²) in [5.74, 6) is 0. The van der Waals surface area contributed by atoms with Gasteiger partial charge >= 0.3 is 0 Å². The molecule has 0 aliphatic heterocycles. The van der Waals surface area contributed by atoms with Crippen molar-refractivity contribution >= 4 is 16.6 Å². The van der Waals surface area contributed by atoms with Gasteiger partial charge in [0.25, 0.3) is 5.56 Å². The van der Waals surface area contributed by atoms with E-state index in [1.807, 2.05) is 30.3 Å². The van der Waals surface area contributed by atoms with Crippen LogP contribution in [0.15, 0.2) is 48.0 Å². The lowest BCUT2D eigenvalue weighted by atomic mass is 10.0. The van der Waals surface area contributed by atoms with Crippen molar-refractivity contribution in [3.05, 3.63) is 64.8 Å². The second-order valence-electron chi connectivity index (χ2n) is 4.30. The van der Waals surface area contributed by atoms with E-state index in [0.717, 1.165) is 5.56 Å². The van der Waals surface area contributed by atoms with Crippen LogP contribution in [0, 0.1) is 0 Å². The summed E-state index contributed by atoms with van der Waals surface area (Å²) < 4.78 is 1.43. The van der Waals surface area contributed by atoms with Crippen LogP contribution in [0.25, 0.3) is 16.6 Å². The lowest BCUT2D eigenvalue weighted by Crippen LogP contribution is -2.17. The topological polar surface area (TPSA) is 63.6 Å². The van der Waals surface area contributed by atoms with Crippen LogP contribution in [0.4, 0.5) is 0 Å². The van der Waals surface area contributed by atoms with Gasteiger partial charge in [-0.1, -0.05) is 36.9 Å². The third kappa shape index (κ3) is 1.76. The van der Waals surface area contributed by atoms with Crippen LogP contribution in [0.3, 0.4) is 0 Å². The van der Waals surface area contributed by atoms with Crippen molar-refractivity contribution in [2.45, 2.75) is 0 Å². The van der Waals surface area contributed by atoms with E-state index in [4.69, 9.17) is 0 Å². The van der Waals surface area contributed by atoms with Crippen molar-refractivity contribution in [2.24, 2.45) is 7.05 Å². The van der Waals surface area contributed by atoms with Crippen LogP contribution >= 0.6 is 0 Å². The van der Waals surface area contributed by atoms with Gasteiger partial charge in [-0.2, -0.15) is 5.10 Å². The predicted octanol–water partition coefficient (Wildman–Crippen LogP) is 1.72. The fraction of sp³-hybridized carbons (Fsp3) is 0.0714. The molecule has 0 amide bonds. The molecule has 0 saturated carbocycles. The maximum absolute atomic E-state index is 12.2. The zero-order valence-corrected chi connectivity index (χ0v) is 10.4. The Morgan fingerprint density at radius 1 is 1.32 bits per heavy atom. The normalized spacial score (nSPS) is 10.8. The lowest BCUT2D eigenvalue weighted by Gasteiger charge is -2.03. The van der Waals surface area contributed by atoms with Crippen LogP contribution in [0.1, 0.15) is 11.3 Å². The molecule has 1 aromatic carbocycles. The van der Waals surface area contributed by atoms with E-state index in [2.05, 4.69) is 21.8 Å². The number of nitrogens with zero attached hydrogens (tertiary/aromatic N) is 3. The maximum Gasteiger partial charge on any atom is 0.264 e. The van der Waals surface area contributed by atoms with Gasteiger partial charge in [-0.3, -0.25) is 9.89 Å². The van der Waals surface area contributed by atoms with Crippen molar-refractivity contribution in [3.63, 3.8) is 0 Å². The molecule has 1 N–H and O–H groups in total. The fourth-order valence-electron chi connectivity index (χ4n) is 2.00. The molecular weight excluding hydrogens is 240 g/mol. The molecule has 19 heavy (non-hydrogen) atoms. The summed E-state index contributed by atoms with van der Waals surface area (Å²) in [4.78, 5) is 16.3. The Labute approximate surface area is 109 Å². The van der Waals surface area contributed by atoms with Crippen LogP contribution in [-0.2, 0) is 7.05 Å². The first-order chi connectivity index (χ1) is 9.18. The van der Waals surface area contributed by atoms with Gasteiger partial charge in [-0.25, -0.2) is 4.98 Å². The zero-order chi connectivity index (χ0) is 13.4. The number of H-pyrrole nitrogens is 1. The van der Waals surface area contributed by atoms with Gasteiger partial charge in [0.1, 0.15) is 11.1 Å². The van der Waals surface area contributed by atoms with E-state index in [1.165, 1.54) is 10.9 Å². The van der Waals surface area contributed by atoms with Crippen LogP contribution in [-0.4, -0.2) is 19.7 Å². The molecule has 94 valence electrons. The molecule has 0 saturated heterocycles. The van der Waals surface area contributed by atoms with Crippen molar-refractivity contribution in [2.75, 3.05) is 0 Å². The molecule has 3 rings (SSSR count). The highest BCUT2D eigenvalue weighted by atomic mass is 16.1. The second kappa shape index (κ2) is 4.20. The minimum Gasteiger partial charge on any atom is -0.302 e. The number of hydrogen-bond donors (Lipinski definition) is 1. The van der Waals surface area contributed by atoms with Crippen molar-refractivity contribution in [1.82, 2.24) is 19.7 Å². The number of aromatic nitrogens is 4. The zero-order valence-electron chi connectivity index (χ0n) is 10.4. The van der Waals surface area contributed by atoms with Crippen molar-refractivity contribution in [1.29, 1.82) is 0 Å². The highest BCUT2D eigenvalue weighted by Crippen LogP contribution is 2.23. The van der Waals surface area contributed by atoms with E-state index in [-0.39, 0.29) is 5.56 Å². The lowest BCUT2D eigenvalue weighted by molar-refractivity contribution is 0.841. The minimum atomic E-state index is -0.133. The molecule has 5 heteroatoms. The molecule has 0 bridgehead atoms. The summed E-state index contributed by atoms with van der Waals surface area (Å²) in [7, 11) is 1.66. The Morgan fingerprint density at radius 3 is 2.79 bits per heavy atom. The first-order valence-corrected chi connectivity index (χ1v) is 5.83. The highest BCUT2D eigenvalue weighted by molar-refractivity contribution is 5.91. The summed E-state index contributed by atoms with van der Waals surface area (Å²) >= 11 is 0. The van der Waals surface area contributed by atoms with E-state index in [1.54, 1.807) is 7.05 Å². The third-order valence-corrected chi connectivity index (χ3v) is 3.05. The van der Waals surface area contributed by atoms with Gasteiger partial charge in [0.2, 0.25) is 0 Å². The largest absolute Gasteiger partial charge is 0.302 e. The molecule has 0 aliphatic rings. The summed E-state index contributed by atoms with van der Waals surface area (Å²) in [6.07, 6.45) is 1.47. The molecule has 0 fully saturated rings. The number of nitrogens with one attached hydrogen (secondary N) is 1. The van der Waals surface area contributed by atoms with E-state index in [0.29, 0.717) is 22.3 Å². The molecule has 0 atom stereocenters. The first-order valence-electron chi connectivity index (χ1n) is 5.83. The molecule has 3 aromatic rings. The summed E-state index contributed by atoms with van der Waals surface area (Å²) in [6.45, 7) is 4.03. The Hall–Kier alpha value is -2.69.